The van der Waals surface area contributed by atoms with Gasteiger partial charge in [-0.15, -0.1) is 0 Å². The van der Waals surface area contributed by atoms with Crippen LogP contribution in [0.25, 0.3) is 11.0 Å². The molecule has 0 bridgehead atoms. The zero-order chi connectivity index (χ0) is 16.4. The van der Waals surface area contributed by atoms with Gasteiger partial charge in [-0.05, 0) is 43.9 Å². The van der Waals surface area contributed by atoms with Gasteiger partial charge < -0.3 is 13.9 Å². The Hall–Kier alpha value is -2.56. The van der Waals surface area contributed by atoms with Crippen molar-refractivity contribution in [3.8, 4) is 5.75 Å². The van der Waals surface area contributed by atoms with Crippen molar-refractivity contribution in [2.45, 2.75) is 26.2 Å². The van der Waals surface area contributed by atoms with Gasteiger partial charge in [0.25, 0.3) is 0 Å². The third kappa shape index (κ3) is 2.86. The Kier molecular flexibility index (Phi) is 4.19. The zero-order valence-corrected chi connectivity index (χ0v) is 13.0. The van der Waals surface area contributed by atoms with E-state index in [0.717, 1.165) is 35.8 Å². The quantitative estimate of drug-likeness (QED) is 0.482. The molecule has 3 rings (SSSR count). The summed E-state index contributed by atoms with van der Waals surface area (Å²) in [4.78, 5) is 23.6. The second-order valence-electron chi connectivity index (χ2n) is 5.53. The van der Waals surface area contributed by atoms with Gasteiger partial charge in [0.1, 0.15) is 17.9 Å². The molecule has 1 heterocycles. The fourth-order valence-corrected chi connectivity index (χ4v) is 2.95. The lowest BCUT2D eigenvalue weighted by Crippen LogP contribution is -2.15. The van der Waals surface area contributed by atoms with Gasteiger partial charge in [-0.1, -0.05) is 12.7 Å². The molecule has 1 aromatic carbocycles. The SMILES string of the molecule is C=CCOC(=O)COc1ccc2c3c(c(=O)oc2c1C)CCC3. The van der Waals surface area contributed by atoms with Crippen molar-refractivity contribution < 1.29 is 18.7 Å². The number of hydrogen-bond acceptors (Lipinski definition) is 5. The molecule has 1 aliphatic rings. The van der Waals surface area contributed by atoms with Crippen LogP contribution < -0.4 is 10.4 Å². The van der Waals surface area contributed by atoms with E-state index in [4.69, 9.17) is 13.9 Å². The monoisotopic (exact) mass is 314 g/mol. The van der Waals surface area contributed by atoms with E-state index < -0.39 is 5.97 Å². The van der Waals surface area contributed by atoms with Crippen LogP contribution in [-0.4, -0.2) is 19.2 Å². The van der Waals surface area contributed by atoms with Gasteiger partial charge in [0.15, 0.2) is 6.61 Å². The molecule has 0 spiro atoms. The smallest absolute Gasteiger partial charge is 0.344 e. The average molecular weight is 314 g/mol. The molecule has 0 radical (unpaired) electrons. The van der Waals surface area contributed by atoms with E-state index in [9.17, 15) is 9.59 Å². The molecular formula is C18H18O5. The molecule has 23 heavy (non-hydrogen) atoms. The highest BCUT2D eigenvalue weighted by molar-refractivity contribution is 5.86. The molecule has 0 N–H and O–H groups in total. The van der Waals surface area contributed by atoms with Crippen LogP contribution in [0.15, 0.2) is 34.0 Å². The minimum absolute atomic E-state index is 0.153. The largest absolute Gasteiger partial charge is 0.481 e. The maximum Gasteiger partial charge on any atom is 0.344 e. The van der Waals surface area contributed by atoms with E-state index >= 15 is 0 Å². The van der Waals surface area contributed by atoms with Crippen LogP contribution in [0.1, 0.15) is 23.1 Å². The van der Waals surface area contributed by atoms with Crippen LogP contribution in [0.4, 0.5) is 0 Å². The summed E-state index contributed by atoms with van der Waals surface area (Å²) < 4.78 is 15.8. The summed E-state index contributed by atoms with van der Waals surface area (Å²) in [6.07, 6.45) is 4.14. The molecule has 0 saturated heterocycles. The van der Waals surface area contributed by atoms with E-state index in [2.05, 4.69) is 6.58 Å². The Morgan fingerprint density at radius 3 is 2.91 bits per heavy atom. The van der Waals surface area contributed by atoms with Crippen LogP contribution in [0.5, 0.6) is 5.75 Å². The summed E-state index contributed by atoms with van der Waals surface area (Å²) in [6.45, 7) is 5.25. The normalized spacial score (nSPS) is 12.9. The predicted molar refractivity (Wildman–Crippen MR) is 85.9 cm³/mol. The first-order valence-electron chi connectivity index (χ1n) is 7.59. The van der Waals surface area contributed by atoms with Gasteiger partial charge >= 0.3 is 11.6 Å². The van der Waals surface area contributed by atoms with Gasteiger partial charge in [0, 0.05) is 16.5 Å². The first-order valence-corrected chi connectivity index (χ1v) is 7.59. The molecule has 0 atom stereocenters. The van der Waals surface area contributed by atoms with Crippen LogP contribution in [0.3, 0.4) is 0 Å². The molecule has 0 saturated carbocycles. The summed E-state index contributed by atoms with van der Waals surface area (Å²) in [7, 11) is 0. The molecule has 2 aromatic rings. The van der Waals surface area contributed by atoms with E-state index in [1.54, 1.807) is 6.07 Å². The van der Waals surface area contributed by atoms with Crippen molar-refractivity contribution in [3.05, 3.63) is 51.9 Å². The number of ether oxygens (including phenoxy) is 2. The lowest BCUT2D eigenvalue weighted by molar-refractivity contribution is -0.144. The number of benzene rings is 1. The lowest BCUT2D eigenvalue weighted by atomic mass is 10.0. The Balaban J connectivity index is 1.91. The number of fused-ring (bicyclic) bond motifs is 3. The second-order valence-corrected chi connectivity index (χ2v) is 5.53. The molecule has 1 aliphatic carbocycles. The maximum atomic E-state index is 12.1. The number of aryl methyl sites for hydroxylation is 2. The van der Waals surface area contributed by atoms with Crippen LogP contribution in [0.2, 0.25) is 0 Å². The maximum absolute atomic E-state index is 12.1. The highest BCUT2D eigenvalue weighted by Gasteiger charge is 2.21. The van der Waals surface area contributed by atoms with Gasteiger partial charge in [0.05, 0.1) is 0 Å². The number of hydrogen-bond donors (Lipinski definition) is 0. The van der Waals surface area contributed by atoms with Crippen molar-refractivity contribution >= 4 is 16.9 Å². The minimum Gasteiger partial charge on any atom is -0.481 e. The first kappa shape index (κ1) is 15.3. The molecule has 0 fully saturated rings. The molecule has 0 aliphatic heterocycles. The number of rotatable bonds is 5. The Labute approximate surface area is 133 Å². The highest BCUT2D eigenvalue weighted by Crippen LogP contribution is 2.32. The fraction of sp³-hybridized carbons (Fsp3) is 0.333. The average Bonchev–Trinajstić information content (AvgIpc) is 3.03. The summed E-state index contributed by atoms with van der Waals surface area (Å²) >= 11 is 0. The number of carbonyl (C=O) groups is 1. The van der Waals surface area contributed by atoms with Crippen molar-refractivity contribution in [3.63, 3.8) is 0 Å². The van der Waals surface area contributed by atoms with E-state index in [0.29, 0.717) is 16.9 Å². The second kappa shape index (κ2) is 6.28. The Morgan fingerprint density at radius 2 is 2.13 bits per heavy atom. The number of carbonyl (C=O) groups excluding carboxylic acids is 1. The number of esters is 1. The molecule has 0 unspecified atom stereocenters. The third-order valence-corrected chi connectivity index (χ3v) is 4.05. The Morgan fingerprint density at radius 1 is 1.35 bits per heavy atom. The molecular weight excluding hydrogens is 296 g/mol. The standard InChI is InChI=1S/C18H18O5/c1-3-9-21-16(19)10-22-15-8-7-13-12-5-4-6-14(12)18(20)23-17(13)11(15)2/h3,7-8H,1,4-6,9-10H2,2H3. The molecule has 5 nitrogen and oxygen atoms in total. The van der Waals surface area contributed by atoms with E-state index in [-0.39, 0.29) is 18.8 Å². The topological polar surface area (TPSA) is 65.7 Å². The molecule has 0 amide bonds. The van der Waals surface area contributed by atoms with E-state index in [1.165, 1.54) is 6.08 Å². The first-order chi connectivity index (χ1) is 11.1. The predicted octanol–water partition coefficient (Wildman–Crippen LogP) is 2.70. The molecule has 5 heteroatoms. The van der Waals surface area contributed by atoms with Gasteiger partial charge in [-0.25, -0.2) is 9.59 Å². The van der Waals surface area contributed by atoms with Gasteiger partial charge in [-0.3, -0.25) is 0 Å². The van der Waals surface area contributed by atoms with Crippen molar-refractivity contribution in [1.29, 1.82) is 0 Å². The minimum atomic E-state index is -0.472. The molecule has 120 valence electrons. The van der Waals surface area contributed by atoms with E-state index in [1.807, 2.05) is 13.0 Å². The van der Waals surface area contributed by atoms with Gasteiger partial charge in [0.2, 0.25) is 0 Å². The van der Waals surface area contributed by atoms with Crippen LogP contribution >= 0.6 is 0 Å². The van der Waals surface area contributed by atoms with Crippen molar-refractivity contribution in [1.82, 2.24) is 0 Å². The fourth-order valence-electron chi connectivity index (χ4n) is 2.95. The summed E-state index contributed by atoms with van der Waals surface area (Å²) in [5.41, 5.74) is 2.85. The van der Waals surface area contributed by atoms with Crippen LogP contribution in [0, 0.1) is 6.92 Å². The zero-order valence-electron chi connectivity index (χ0n) is 13.0. The Bertz CT molecular complexity index is 831. The van der Waals surface area contributed by atoms with Crippen molar-refractivity contribution in [2.24, 2.45) is 0 Å². The summed E-state index contributed by atoms with van der Waals surface area (Å²) in [6, 6.07) is 3.69. The summed E-state index contributed by atoms with van der Waals surface area (Å²) in [5.74, 6) is 0.0361. The van der Waals surface area contributed by atoms with Crippen LogP contribution in [-0.2, 0) is 22.4 Å². The van der Waals surface area contributed by atoms with Gasteiger partial charge in [-0.2, -0.15) is 0 Å². The highest BCUT2D eigenvalue weighted by atomic mass is 16.6. The molecule has 1 aromatic heterocycles. The summed E-state index contributed by atoms with van der Waals surface area (Å²) in [5, 5.41) is 0.955. The lowest BCUT2D eigenvalue weighted by Gasteiger charge is -2.11. The van der Waals surface area contributed by atoms with Crippen molar-refractivity contribution in [2.75, 3.05) is 13.2 Å². The third-order valence-electron chi connectivity index (χ3n) is 4.05.